The molecular weight excluding hydrogens is 190 g/mol. The van der Waals surface area contributed by atoms with Crippen LogP contribution in [0.5, 0.6) is 0 Å². The highest BCUT2D eigenvalue weighted by Crippen LogP contribution is 2.35. The number of carbonyl (C=O) groups is 1. The van der Waals surface area contributed by atoms with Crippen molar-refractivity contribution in [2.45, 2.75) is 25.7 Å². The lowest BCUT2D eigenvalue weighted by molar-refractivity contribution is 0.0602. The van der Waals surface area contributed by atoms with Crippen LogP contribution in [0.4, 0.5) is 5.69 Å². The Morgan fingerprint density at radius 3 is 2.93 bits per heavy atom. The molecule has 0 heterocycles. The molecule has 3 heteroatoms. The second-order valence-electron chi connectivity index (χ2n) is 4.07. The molecule has 0 saturated carbocycles. The number of rotatable bonds is 1. The van der Waals surface area contributed by atoms with Gasteiger partial charge in [-0.25, -0.2) is 4.79 Å². The standard InChI is InChI=1S/C12H15NO2/c1-7-3-4-8-5-10(12(14)15-2)11(13)6-9(7)8/h5-7H,3-4,13H2,1-2H3. The number of carbonyl (C=O) groups excluding carboxylic acids is 1. The normalized spacial score (nSPS) is 18.7. The van der Waals surface area contributed by atoms with Crippen LogP contribution < -0.4 is 5.73 Å². The molecule has 0 bridgehead atoms. The summed E-state index contributed by atoms with van der Waals surface area (Å²) in [5.41, 5.74) is 9.36. The summed E-state index contributed by atoms with van der Waals surface area (Å²) < 4.78 is 4.68. The molecule has 80 valence electrons. The van der Waals surface area contributed by atoms with Crippen LogP contribution in [0, 0.1) is 0 Å². The van der Waals surface area contributed by atoms with E-state index in [1.54, 1.807) is 0 Å². The maximum atomic E-state index is 11.4. The van der Waals surface area contributed by atoms with Crippen molar-refractivity contribution in [3.8, 4) is 0 Å². The molecule has 1 aliphatic rings. The number of esters is 1. The summed E-state index contributed by atoms with van der Waals surface area (Å²) in [6.45, 7) is 2.18. The van der Waals surface area contributed by atoms with E-state index in [4.69, 9.17) is 5.73 Å². The minimum absolute atomic E-state index is 0.352. The first kappa shape index (κ1) is 10.0. The minimum Gasteiger partial charge on any atom is -0.465 e. The predicted molar refractivity (Wildman–Crippen MR) is 58.9 cm³/mol. The van der Waals surface area contributed by atoms with Crippen LogP contribution in [0.3, 0.4) is 0 Å². The van der Waals surface area contributed by atoms with Gasteiger partial charge >= 0.3 is 5.97 Å². The summed E-state index contributed by atoms with van der Waals surface area (Å²) in [6, 6.07) is 3.79. The second kappa shape index (κ2) is 3.57. The van der Waals surface area contributed by atoms with Crippen LogP contribution in [0.2, 0.25) is 0 Å². The van der Waals surface area contributed by atoms with E-state index in [0.717, 1.165) is 12.8 Å². The van der Waals surface area contributed by atoms with Crippen molar-refractivity contribution in [3.05, 3.63) is 28.8 Å². The Balaban J connectivity index is 2.49. The monoisotopic (exact) mass is 205 g/mol. The van der Waals surface area contributed by atoms with Gasteiger partial charge in [-0.15, -0.1) is 0 Å². The third-order valence-corrected chi connectivity index (χ3v) is 3.09. The fraction of sp³-hybridized carbons (Fsp3) is 0.417. The quantitative estimate of drug-likeness (QED) is 0.564. The van der Waals surface area contributed by atoms with Gasteiger partial charge in [-0.2, -0.15) is 0 Å². The molecular formula is C12H15NO2. The largest absolute Gasteiger partial charge is 0.465 e. The highest BCUT2D eigenvalue weighted by molar-refractivity contribution is 5.95. The van der Waals surface area contributed by atoms with Gasteiger partial charge in [0, 0.05) is 5.69 Å². The highest BCUT2D eigenvalue weighted by atomic mass is 16.5. The van der Waals surface area contributed by atoms with E-state index >= 15 is 0 Å². The van der Waals surface area contributed by atoms with Crippen molar-refractivity contribution in [1.29, 1.82) is 0 Å². The zero-order chi connectivity index (χ0) is 11.0. The third-order valence-electron chi connectivity index (χ3n) is 3.09. The third kappa shape index (κ3) is 1.58. The van der Waals surface area contributed by atoms with Gasteiger partial charge in [0.1, 0.15) is 0 Å². The van der Waals surface area contributed by atoms with Gasteiger partial charge in [-0.1, -0.05) is 6.92 Å². The molecule has 0 spiro atoms. The van der Waals surface area contributed by atoms with E-state index in [9.17, 15) is 4.79 Å². The zero-order valence-corrected chi connectivity index (χ0v) is 9.04. The first-order valence-corrected chi connectivity index (χ1v) is 5.14. The number of hydrogen-bond acceptors (Lipinski definition) is 3. The van der Waals surface area contributed by atoms with Crippen LogP contribution in [-0.4, -0.2) is 13.1 Å². The molecule has 0 saturated heterocycles. The molecule has 1 aromatic carbocycles. The topological polar surface area (TPSA) is 52.3 Å². The van der Waals surface area contributed by atoms with Gasteiger partial charge in [0.05, 0.1) is 12.7 Å². The second-order valence-corrected chi connectivity index (χ2v) is 4.07. The molecule has 0 radical (unpaired) electrons. The van der Waals surface area contributed by atoms with E-state index < -0.39 is 0 Å². The Hall–Kier alpha value is -1.51. The molecule has 1 aromatic rings. The number of benzene rings is 1. The Bertz CT molecular complexity index is 412. The summed E-state index contributed by atoms with van der Waals surface area (Å²) >= 11 is 0. The van der Waals surface area contributed by atoms with Gasteiger partial charge in [-0.3, -0.25) is 0 Å². The molecule has 3 nitrogen and oxygen atoms in total. The predicted octanol–water partition coefficient (Wildman–Crippen LogP) is 2.11. The number of aryl methyl sites for hydroxylation is 1. The first-order valence-electron chi connectivity index (χ1n) is 5.14. The number of fused-ring (bicyclic) bond motifs is 1. The molecule has 1 atom stereocenters. The van der Waals surface area contributed by atoms with Crippen molar-refractivity contribution < 1.29 is 9.53 Å². The summed E-state index contributed by atoms with van der Waals surface area (Å²) in [4.78, 5) is 11.4. The average Bonchev–Trinajstić information content (AvgIpc) is 2.58. The molecule has 2 N–H and O–H groups in total. The van der Waals surface area contributed by atoms with Gasteiger partial charge in [0.25, 0.3) is 0 Å². The lowest BCUT2D eigenvalue weighted by atomic mass is 10.00. The van der Waals surface area contributed by atoms with E-state index in [-0.39, 0.29) is 5.97 Å². The van der Waals surface area contributed by atoms with Crippen molar-refractivity contribution in [2.75, 3.05) is 12.8 Å². The summed E-state index contributed by atoms with van der Waals surface area (Å²) in [6.07, 6.45) is 2.17. The fourth-order valence-electron chi connectivity index (χ4n) is 2.17. The van der Waals surface area contributed by atoms with Gasteiger partial charge in [0.2, 0.25) is 0 Å². The number of nitrogens with two attached hydrogens (primary N) is 1. The van der Waals surface area contributed by atoms with Crippen molar-refractivity contribution in [1.82, 2.24) is 0 Å². The highest BCUT2D eigenvalue weighted by Gasteiger charge is 2.22. The SMILES string of the molecule is COC(=O)c1cc2c(cc1N)C(C)CC2. The maximum Gasteiger partial charge on any atom is 0.339 e. The van der Waals surface area contributed by atoms with Crippen LogP contribution >= 0.6 is 0 Å². The number of methoxy groups -OCH3 is 1. The Morgan fingerprint density at radius 2 is 2.27 bits per heavy atom. The van der Waals surface area contributed by atoms with E-state index in [1.165, 1.54) is 18.2 Å². The van der Waals surface area contributed by atoms with Crippen LogP contribution in [-0.2, 0) is 11.2 Å². The van der Waals surface area contributed by atoms with Crippen LogP contribution in [0.1, 0.15) is 40.7 Å². The first-order chi connectivity index (χ1) is 7.13. The van der Waals surface area contributed by atoms with Crippen molar-refractivity contribution in [2.24, 2.45) is 0 Å². The molecule has 2 rings (SSSR count). The Kier molecular flexibility index (Phi) is 2.39. The lowest BCUT2D eigenvalue weighted by Gasteiger charge is -2.09. The number of ether oxygens (including phenoxy) is 1. The fourth-order valence-corrected chi connectivity index (χ4v) is 2.17. The number of nitrogen functional groups attached to an aromatic ring is 1. The molecule has 1 aliphatic carbocycles. The minimum atomic E-state index is -0.352. The van der Waals surface area contributed by atoms with Crippen LogP contribution in [0.15, 0.2) is 12.1 Å². The molecule has 1 unspecified atom stereocenters. The van der Waals surface area contributed by atoms with E-state index in [2.05, 4.69) is 11.7 Å². The molecule has 15 heavy (non-hydrogen) atoms. The average molecular weight is 205 g/mol. The van der Waals surface area contributed by atoms with E-state index in [1.807, 2.05) is 12.1 Å². The van der Waals surface area contributed by atoms with Gasteiger partial charge in [0.15, 0.2) is 0 Å². The summed E-state index contributed by atoms with van der Waals surface area (Å²) in [7, 11) is 1.37. The number of hydrogen-bond donors (Lipinski definition) is 1. The number of anilines is 1. The smallest absolute Gasteiger partial charge is 0.339 e. The van der Waals surface area contributed by atoms with E-state index in [0.29, 0.717) is 17.2 Å². The lowest BCUT2D eigenvalue weighted by Crippen LogP contribution is -2.07. The summed E-state index contributed by atoms with van der Waals surface area (Å²) in [5, 5.41) is 0. The van der Waals surface area contributed by atoms with Crippen molar-refractivity contribution in [3.63, 3.8) is 0 Å². The zero-order valence-electron chi connectivity index (χ0n) is 9.04. The molecule has 0 fully saturated rings. The Morgan fingerprint density at radius 1 is 1.53 bits per heavy atom. The molecule has 0 aromatic heterocycles. The Labute approximate surface area is 89.2 Å². The van der Waals surface area contributed by atoms with Gasteiger partial charge in [-0.05, 0) is 42.0 Å². The summed E-state index contributed by atoms with van der Waals surface area (Å²) in [5.74, 6) is 0.198. The molecule has 0 amide bonds. The van der Waals surface area contributed by atoms with Crippen LogP contribution in [0.25, 0.3) is 0 Å². The maximum absolute atomic E-state index is 11.4. The van der Waals surface area contributed by atoms with Gasteiger partial charge < -0.3 is 10.5 Å². The molecule has 0 aliphatic heterocycles. The van der Waals surface area contributed by atoms with Crippen molar-refractivity contribution >= 4 is 11.7 Å².